The monoisotopic (exact) mass is 489 g/mol. The summed E-state index contributed by atoms with van der Waals surface area (Å²) in [5.74, 6) is -0.208. The van der Waals surface area contributed by atoms with E-state index in [0.29, 0.717) is 12.3 Å². The quantitative estimate of drug-likeness (QED) is 0.524. The summed E-state index contributed by atoms with van der Waals surface area (Å²) in [6.07, 6.45) is 1.04. The molecule has 0 aliphatic rings. The number of aryl methyl sites for hydroxylation is 1. The van der Waals surface area contributed by atoms with Gasteiger partial charge in [-0.2, -0.15) is 0 Å². The van der Waals surface area contributed by atoms with E-state index in [4.69, 9.17) is 4.74 Å². The van der Waals surface area contributed by atoms with E-state index in [1.165, 1.54) is 12.0 Å². The second-order valence-electron chi connectivity index (χ2n) is 8.77. The molecule has 9 heteroatoms. The van der Waals surface area contributed by atoms with Crippen molar-refractivity contribution in [3.8, 4) is 5.75 Å². The molecular formula is C25H35N3O5S. The Balaban J connectivity index is 2.40. The molecule has 0 aliphatic carbocycles. The Bertz CT molecular complexity index is 1100. The molecule has 0 fully saturated rings. The Kier molecular flexibility index (Phi) is 9.49. The third-order valence-electron chi connectivity index (χ3n) is 5.32. The topological polar surface area (TPSA) is 96.0 Å². The van der Waals surface area contributed by atoms with Gasteiger partial charge in [0.25, 0.3) is 0 Å². The molecule has 2 aromatic carbocycles. The van der Waals surface area contributed by atoms with Crippen molar-refractivity contribution in [2.75, 3.05) is 30.8 Å². The number of sulfonamides is 1. The molecule has 34 heavy (non-hydrogen) atoms. The van der Waals surface area contributed by atoms with Crippen LogP contribution in [0.2, 0.25) is 0 Å². The maximum atomic E-state index is 13.5. The molecule has 0 spiro atoms. The Morgan fingerprint density at radius 1 is 1.06 bits per heavy atom. The fraction of sp³-hybridized carbons (Fsp3) is 0.440. The van der Waals surface area contributed by atoms with E-state index in [9.17, 15) is 18.0 Å². The summed E-state index contributed by atoms with van der Waals surface area (Å²) in [6.45, 7) is 7.74. The van der Waals surface area contributed by atoms with Crippen LogP contribution in [0.3, 0.4) is 0 Å². The number of anilines is 1. The zero-order valence-corrected chi connectivity index (χ0v) is 21.6. The number of hydrogen-bond acceptors (Lipinski definition) is 5. The number of amides is 2. The van der Waals surface area contributed by atoms with E-state index < -0.39 is 28.5 Å². The third-order valence-corrected chi connectivity index (χ3v) is 6.45. The average molecular weight is 490 g/mol. The van der Waals surface area contributed by atoms with Crippen molar-refractivity contribution in [3.63, 3.8) is 0 Å². The first kappa shape index (κ1) is 27.2. The Labute approximate surface area is 202 Å². The predicted octanol–water partition coefficient (Wildman–Crippen LogP) is 2.96. The van der Waals surface area contributed by atoms with Crippen molar-refractivity contribution in [2.24, 2.45) is 5.92 Å². The van der Waals surface area contributed by atoms with Crippen LogP contribution in [-0.4, -0.2) is 57.6 Å². The number of para-hydroxylation sites is 2. The molecule has 2 aromatic rings. The molecule has 1 unspecified atom stereocenters. The lowest BCUT2D eigenvalue weighted by Crippen LogP contribution is -2.51. The van der Waals surface area contributed by atoms with E-state index in [-0.39, 0.29) is 24.1 Å². The van der Waals surface area contributed by atoms with Crippen molar-refractivity contribution in [1.29, 1.82) is 0 Å². The van der Waals surface area contributed by atoms with Gasteiger partial charge < -0.3 is 15.0 Å². The number of hydrogen-bond donors (Lipinski definition) is 1. The van der Waals surface area contributed by atoms with Crippen molar-refractivity contribution in [2.45, 2.75) is 40.3 Å². The van der Waals surface area contributed by atoms with Gasteiger partial charge in [-0.25, -0.2) is 8.42 Å². The van der Waals surface area contributed by atoms with Crippen LogP contribution < -0.4 is 14.4 Å². The first-order valence-corrected chi connectivity index (χ1v) is 13.0. The lowest BCUT2D eigenvalue weighted by atomic mass is 10.1. The fourth-order valence-electron chi connectivity index (χ4n) is 3.47. The van der Waals surface area contributed by atoms with Gasteiger partial charge in [-0.1, -0.05) is 55.8 Å². The van der Waals surface area contributed by atoms with Crippen molar-refractivity contribution < 1.29 is 22.7 Å². The van der Waals surface area contributed by atoms with Crippen LogP contribution in [0.4, 0.5) is 5.69 Å². The van der Waals surface area contributed by atoms with E-state index in [1.54, 1.807) is 31.2 Å². The number of nitrogens with one attached hydrogen (secondary N) is 1. The van der Waals surface area contributed by atoms with Gasteiger partial charge >= 0.3 is 0 Å². The number of nitrogens with zero attached hydrogens (tertiary/aromatic N) is 2. The highest BCUT2D eigenvalue weighted by Crippen LogP contribution is 2.29. The molecule has 2 rings (SSSR count). The summed E-state index contributed by atoms with van der Waals surface area (Å²) in [6, 6.07) is 13.4. The molecule has 0 aliphatic heterocycles. The number of methoxy groups -OCH3 is 1. The summed E-state index contributed by atoms with van der Waals surface area (Å²) in [7, 11) is -2.38. The second-order valence-corrected chi connectivity index (χ2v) is 10.7. The smallest absolute Gasteiger partial charge is 0.244 e. The Morgan fingerprint density at radius 3 is 2.32 bits per heavy atom. The molecule has 1 atom stereocenters. The van der Waals surface area contributed by atoms with Crippen LogP contribution in [0.15, 0.2) is 48.5 Å². The van der Waals surface area contributed by atoms with Crippen LogP contribution >= 0.6 is 0 Å². The highest BCUT2D eigenvalue weighted by atomic mass is 32.2. The van der Waals surface area contributed by atoms with Gasteiger partial charge in [-0.3, -0.25) is 13.9 Å². The molecule has 0 bridgehead atoms. The SMILES string of the molecule is COc1ccccc1N(CC(=O)N(Cc1cccc(C)c1)C(C)C(=O)NCC(C)C)S(C)(=O)=O. The molecular weight excluding hydrogens is 454 g/mol. The number of benzene rings is 2. The number of carbonyl (C=O) groups is 2. The highest BCUT2D eigenvalue weighted by molar-refractivity contribution is 7.92. The molecule has 0 heterocycles. The van der Waals surface area contributed by atoms with E-state index in [2.05, 4.69) is 5.32 Å². The van der Waals surface area contributed by atoms with Crippen LogP contribution in [0.25, 0.3) is 0 Å². The number of rotatable bonds is 11. The average Bonchev–Trinajstić information content (AvgIpc) is 2.78. The number of carbonyl (C=O) groups excluding carboxylic acids is 2. The van der Waals surface area contributed by atoms with Crippen LogP contribution in [0, 0.1) is 12.8 Å². The molecule has 186 valence electrons. The second kappa shape index (κ2) is 11.9. The summed E-state index contributed by atoms with van der Waals surface area (Å²) in [5, 5.41) is 2.86. The van der Waals surface area contributed by atoms with Crippen molar-refractivity contribution in [1.82, 2.24) is 10.2 Å². The molecule has 1 N–H and O–H groups in total. The van der Waals surface area contributed by atoms with Gasteiger partial charge in [0.05, 0.1) is 19.1 Å². The predicted molar refractivity (Wildman–Crippen MR) is 134 cm³/mol. The molecule has 2 amide bonds. The maximum Gasteiger partial charge on any atom is 0.244 e. The van der Waals surface area contributed by atoms with Crippen LogP contribution in [0.1, 0.15) is 31.9 Å². The largest absolute Gasteiger partial charge is 0.495 e. The Morgan fingerprint density at radius 2 is 1.74 bits per heavy atom. The minimum Gasteiger partial charge on any atom is -0.495 e. The molecule has 0 saturated carbocycles. The van der Waals surface area contributed by atoms with Gasteiger partial charge in [0.2, 0.25) is 21.8 Å². The summed E-state index contributed by atoms with van der Waals surface area (Å²) >= 11 is 0. The first-order chi connectivity index (χ1) is 15.9. The van der Waals surface area contributed by atoms with Gasteiger partial charge in [0.1, 0.15) is 18.3 Å². The zero-order valence-electron chi connectivity index (χ0n) is 20.7. The van der Waals surface area contributed by atoms with Crippen LogP contribution in [-0.2, 0) is 26.2 Å². The highest BCUT2D eigenvalue weighted by Gasteiger charge is 2.31. The number of ether oxygens (including phenoxy) is 1. The van der Waals surface area contributed by atoms with Gasteiger partial charge in [0, 0.05) is 13.1 Å². The van der Waals surface area contributed by atoms with Gasteiger partial charge in [0.15, 0.2) is 0 Å². The lowest BCUT2D eigenvalue weighted by Gasteiger charge is -2.32. The van der Waals surface area contributed by atoms with Crippen molar-refractivity contribution in [3.05, 3.63) is 59.7 Å². The van der Waals surface area contributed by atoms with Gasteiger partial charge in [-0.05, 0) is 37.5 Å². The van der Waals surface area contributed by atoms with E-state index in [0.717, 1.165) is 21.7 Å². The summed E-state index contributed by atoms with van der Waals surface area (Å²) in [4.78, 5) is 27.8. The standard InChI is InChI=1S/C25H35N3O5S/c1-18(2)15-26-25(30)20(4)27(16-21-11-9-10-19(3)14-21)24(29)17-28(34(6,31)32)22-12-7-8-13-23(22)33-5/h7-14,18,20H,15-17H2,1-6H3,(H,26,30). The van der Waals surface area contributed by atoms with Crippen LogP contribution in [0.5, 0.6) is 5.75 Å². The molecule has 0 saturated heterocycles. The van der Waals surface area contributed by atoms with Gasteiger partial charge in [-0.15, -0.1) is 0 Å². The zero-order chi connectivity index (χ0) is 25.5. The maximum absolute atomic E-state index is 13.5. The molecule has 8 nitrogen and oxygen atoms in total. The normalized spacial score (nSPS) is 12.2. The van der Waals surface area contributed by atoms with Crippen molar-refractivity contribution >= 4 is 27.5 Å². The third kappa shape index (κ3) is 7.48. The fourth-order valence-corrected chi connectivity index (χ4v) is 4.33. The van der Waals surface area contributed by atoms with E-state index >= 15 is 0 Å². The summed E-state index contributed by atoms with van der Waals surface area (Å²) < 4.78 is 31.7. The van der Waals surface area contributed by atoms with E-state index in [1.807, 2.05) is 45.0 Å². The first-order valence-electron chi connectivity index (χ1n) is 11.2. The minimum atomic E-state index is -3.82. The minimum absolute atomic E-state index is 0.167. The lowest BCUT2D eigenvalue weighted by molar-refractivity contribution is -0.139. The summed E-state index contributed by atoms with van der Waals surface area (Å²) in [5.41, 5.74) is 2.13. The molecule has 0 aromatic heterocycles. The molecule has 0 radical (unpaired) electrons. The Hall–Kier alpha value is -3.07.